The molecule has 3 aromatic heterocycles. The van der Waals surface area contributed by atoms with Gasteiger partial charge in [0.15, 0.2) is 0 Å². The molecule has 1 aliphatic rings. The Morgan fingerprint density at radius 2 is 2.12 bits per heavy atom. The van der Waals surface area contributed by atoms with Crippen LogP contribution in [0.5, 0.6) is 0 Å². The molecule has 122 valence electrons. The number of pyridine rings is 1. The maximum Gasteiger partial charge on any atom is 0.261 e. The lowest BCUT2D eigenvalue weighted by molar-refractivity contribution is 0.0731. The van der Waals surface area contributed by atoms with Gasteiger partial charge in [-0.1, -0.05) is 0 Å². The van der Waals surface area contributed by atoms with E-state index in [4.69, 9.17) is 4.42 Å². The topological polar surface area (TPSA) is 82.1 Å². The van der Waals surface area contributed by atoms with Gasteiger partial charge in [-0.2, -0.15) is 0 Å². The molecular weight excluding hydrogens is 306 g/mol. The van der Waals surface area contributed by atoms with Gasteiger partial charge >= 0.3 is 0 Å². The molecule has 1 amide bonds. The van der Waals surface area contributed by atoms with Gasteiger partial charge in [-0.05, 0) is 49.2 Å². The van der Waals surface area contributed by atoms with Gasteiger partial charge in [0.2, 0.25) is 0 Å². The molecule has 1 saturated heterocycles. The van der Waals surface area contributed by atoms with Crippen LogP contribution < -0.4 is 5.56 Å². The molecule has 4 rings (SSSR count). The van der Waals surface area contributed by atoms with Gasteiger partial charge in [-0.25, -0.2) is 0 Å². The Morgan fingerprint density at radius 3 is 2.83 bits per heavy atom. The third-order valence-corrected chi connectivity index (χ3v) is 4.42. The van der Waals surface area contributed by atoms with E-state index in [1.165, 1.54) is 6.26 Å². The first kappa shape index (κ1) is 14.6. The first-order chi connectivity index (χ1) is 11.7. The second kappa shape index (κ2) is 5.88. The van der Waals surface area contributed by atoms with Crippen LogP contribution in [0.25, 0.3) is 11.5 Å². The lowest BCUT2D eigenvalue weighted by Gasteiger charge is -2.23. The van der Waals surface area contributed by atoms with Crippen molar-refractivity contribution in [3.05, 3.63) is 70.5 Å². The third kappa shape index (κ3) is 2.46. The zero-order valence-electron chi connectivity index (χ0n) is 13.0. The molecular formula is C18H17N3O3. The predicted octanol–water partition coefficient (Wildman–Crippen LogP) is 2.94. The summed E-state index contributed by atoms with van der Waals surface area (Å²) in [6, 6.07) is 10.7. The average Bonchev–Trinajstić information content (AvgIpc) is 3.35. The molecule has 4 heterocycles. The van der Waals surface area contributed by atoms with Crippen molar-refractivity contribution in [1.29, 1.82) is 0 Å². The number of rotatable bonds is 3. The summed E-state index contributed by atoms with van der Waals surface area (Å²) in [5.74, 6) is 0.330. The zero-order chi connectivity index (χ0) is 16.5. The van der Waals surface area contributed by atoms with Crippen LogP contribution in [0.4, 0.5) is 0 Å². The molecule has 3 aromatic rings. The smallest absolute Gasteiger partial charge is 0.261 e. The van der Waals surface area contributed by atoms with Gasteiger partial charge in [-0.15, -0.1) is 0 Å². The van der Waals surface area contributed by atoms with Crippen LogP contribution in [0.2, 0.25) is 0 Å². The summed E-state index contributed by atoms with van der Waals surface area (Å²) in [5.41, 5.74) is 1.32. The molecule has 0 saturated carbocycles. The van der Waals surface area contributed by atoms with Gasteiger partial charge in [-0.3, -0.25) is 9.59 Å². The van der Waals surface area contributed by atoms with E-state index in [0.29, 0.717) is 18.0 Å². The van der Waals surface area contributed by atoms with Crippen molar-refractivity contribution in [1.82, 2.24) is 14.9 Å². The van der Waals surface area contributed by atoms with E-state index < -0.39 is 5.56 Å². The molecule has 1 fully saturated rings. The number of carbonyl (C=O) groups is 1. The predicted molar refractivity (Wildman–Crippen MR) is 88.6 cm³/mol. The monoisotopic (exact) mass is 323 g/mol. The third-order valence-electron chi connectivity index (χ3n) is 4.42. The van der Waals surface area contributed by atoms with Crippen molar-refractivity contribution in [3.8, 4) is 11.5 Å². The standard InChI is InChI=1S/C18H17N3O3/c22-17-12(7-8-14(20-17)16-6-3-11-24-16)18(23)21-10-2-5-15(21)13-4-1-9-19-13/h1,3-4,6-9,11,15,19H,2,5,10H2,(H,20,22). The Bertz CT molecular complexity index is 894. The minimum absolute atomic E-state index is 0.00310. The van der Waals surface area contributed by atoms with Crippen LogP contribution in [0, 0.1) is 0 Å². The van der Waals surface area contributed by atoms with Crippen LogP contribution in [-0.4, -0.2) is 27.3 Å². The van der Waals surface area contributed by atoms with E-state index >= 15 is 0 Å². The van der Waals surface area contributed by atoms with Gasteiger partial charge in [0.25, 0.3) is 11.5 Å². The second-order valence-electron chi connectivity index (χ2n) is 5.87. The van der Waals surface area contributed by atoms with Crippen molar-refractivity contribution in [2.45, 2.75) is 18.9 Å². The number of hydrogen-bond acceptors (Lipinski definition) is 3. The number of nitrogens with one attached hydrogen (secondary N) is 2. The fourth-order valence-corrected chi connectivity index (χ4v) is 3.26. The summed E-state index contributed by atoms with van der Waals surface area (Å²) in [7, 11) is 0. The summed E-state index contributed by atoms with van der Waals surface area (Å²) in [6.07, 6.45) is 5.21. The van der Waals surface area contributed by atoms with Crippen LogP contribution in [0.3, 0.4) is 0 Å². The van der Waals surface area contributed by atoms with Gasteiger partial charge in [0.1, 0.15) is 11.3 Å². The molecule has 0 bridgehead atoms. The van der Waals surface area contributed by atoms with Crippen molar-refractivity contribution in [2.75, 3.05) is 6.54 Å². The number of aromatic nitrogens is 2. The summed E-state index contributed by atoms with van der Waals surface area (Å²) in [5, 5.41) is 0. The molecule has 1 aliphatic heterocycles. The van der Waals surface area contributed by atoms with Gasteiger partial charge < -0.3 is 19.3 Å². The fourth-order valence-electron chi connectivity index (χ4n) is 3.26. The van der Waals surface area contributed by atoms with Crippen molar-refractivity contribution in [2.24, 2.45) is 0 Å². The Morgan fingerprint density at radius 1 is 1.21 bits per heavy atom. The van der Waals surface area contributed by atoms with Gasteiger partial charge in [0.05, 0.1) is 18.0 Å². The minimum atomic E-state index is -0.397. The first-order valence-corrected chi connectivity index (χ1v) is 7.95. The van der Waals surface area contributed by atoms with Crippen LogP contribution in [-0.2, 0) is 0 Å². The minimum Gasteiger partial charge on any atom is -0.463 e. The normalized spacial score (nSPS) is 17.3. The second-order valence-corrected chi connectivity index (χ2v) is 5.87. The lowest BCUT2D eigenvalue weighted by Crippen LogP contribution is -2.34. The number of carbonyl (C=O) groups excluding carboxylic acids is 1. The molecule has 0 aromatic carbocycles. The molecule has 6 nitrogen and oxygen atoms in total. The molecule has 1 unspecified atom stereocenters. The van der Waals surface area contributed by atoms with E-state index in [1.807, 2.05) is 18.3 Å². The highest BCUT2D eigenvalue weighted by atomic mass is 16.3. The van der Waals surface area contributed by atoms with Gasteiger partial charge in [0, 0.05) is 18.4 Å². The van der Waals surface area contributed by atoms with Crippen molar-refractivity contribution < 1.29 is 9.21 Å². The highest BCUT2D eigenvalue weighted by Gasteiger charge is 2.32. The summed E-state index contributed by atoms with van der Waals surface area (Å²) < 4.78 is 5.27. The quantitative estimate of drug-likeness (QED) is 0.777. The highest BCUT2D eigenvalue weighted by molar-refractivity contribution is 5.94. The Balaban J connectivity index is 1.64. The zero-order valence-corrected chi connectivity index (χ0v) is 13.0. The average molecular weight is 323 g/mol. The number of aromatic amines is 2. The molecule has 0 aliphatic carbocycles. The van der Waals surface area contributed by atoms with E-state index in [-0.39, 0.29) is 17.5 Å². The number of H-pyrrole nitrogens is 2. The van der Waals surface area contributed by atoms with E-state index in [2.05, 4.69) is 9.97 Å². The van der Waals surface area contributed by atoms with Crippen LogP contribution >= 0.6 is 0 Å². The number of nitrogens with zero attached hydrogens (tertiary/aromatic N) is 1. The van der Waals surface area contributed by atoms with Crippen LogP contribution in [0.1, 0.15) is 34.9 Å². The largest absolute Gasteiger partial charge is 0.463 e. The molecule has 0 radical (unpaired) electrons. The van der Waals surface area contributed by atoms with E-state index in [9.17, 15) is 9.59 Å². The molecule has 1 atom stereocenters. The van der Waals surface area contributed by atoms with E-state index in [1.54, 1.807) is 29.2 Å². The highest BCUT2D eigenvalue weighted by Crippen LogP contribution is 2.31. The molecule has 24 heavy (non-hydrogen) atoms. The van der Waals surface area contributed by atoms with E-state index in [0.717, 1.165) is 18.5 Å². The van der Waals surface area contributed by atoms with Crippen LogP contribution in [0.15, 0.2) is 58.1 Å². The fraction of sp³-hybridized carbons (Fsp3) is 0.222. The number of furan rings is 1. The Labute approximate surface area is 138 Å². The summed E-state index contributed by atoms with van der Waals surface area (Å²) in [4.78, 5) is 32.9. The number of amides is 1. The maximum atomic E-state index is 12.8. The number of likely N-dealkylation sites (tertiary alicyclic amines) is 1. The summed E-state index contributed by atoms with van der Waals surface area (Å²) in [6.45, 7) is 0.655. The van der Waals surface area contributed by atoms with Crippen molar-refractivity contribution >= 4 is 5.91 Å². The summed E-state index contributed by atoms with van der Waals surface area (Å²) >= 11 is 0. The lowest BCUT2D eigenvalue weighted by atomic mass is 10.1. The molecule has 2 N–H and O–H groups in total. The Kier molecular flexibility index (Phi) is 3.57. The molecule has 6 heteroatoms. The van der Waals surface area contributed by atoms with Crippen molar-refractivity contribution in [3.63, 3.8) is 0 Å². The first-order valence-electron chi connectivity index (χ1n) is 7.95. The number of hydrogen-bond donors (Lipinski definition) is 2. The maximum absolute atomic E-state index is 12.8. The SMILES string of the molecule is O=C(c1ccc(-c2ccco2)[nH]c1=O)N1CCCC1c1ccc[nH]1. The Hall–Kier alpha value is -3.02. The molecule has 0 spiro atoms.